The standard InChI is InChI=1S/C19H27ClN2O3/c1-5-6-25-17-8-15(20)12(7-16(17)24-4)18-13-9-22(3)10-14(13)19(2,11-23)21-18/h5,7-8,13-14,18,21,23H,1,6,9-11H2,2-4H3/t13-,14+,18-,19+/m0/s1. The van der Waals surface area contributed by atoms with Crippen molar-refractivity contribution in [3.8, 4) is 11.5 Å². The van der Waals surface area contributed by atoms with Crippen LogP contribution >= 0.6 is 11.6 Å². The highest BCUT2D eigenvalue weighted by atomic mass is 35.5. The van der Waals surface area contributed by atoms with Crippen LogP contribution in [0.15, 0.2) is 24.8 Å². The third-order valence-corrected chi connectivity index (χ3v) is 5.91. The van der Waals surface area contributed by atoms with Gasteiger partial charge in [-0.25, -0.2) is 0 Å². The third kappa shape index (κ3) is 3.26. The molecule has 3 rings (SSSR count). The van der Waals surface area contributed by atoms with Crippen LogP contribution in [0.3, 0.4) is 0 Å². The molecule has 2 saturated heterocycles. The van der Waals surface area contributed by atoms with Gasteiger partial charge in [-0.1, -0.05) is 24.3 Å². The molecule has 0 saturated carbocycles. The Labute approximate surface area is 154 Å². The fourth-order valence-electron chi connectivity index (χ4n) is 4.30. The maximum Gasteiger partial charge on any atom is 0.163 e. The van der Waals surface area contributed by atoms with Gasteiger partial charge in [-0.3, -0.25) is 0 Å². The molecule has 2 heterocycles. The highest BCUT2D eigenvalue weighted by molar-refractivity contribution is 6.31. The fourth-order valence-corrected chi connectivity index (χ4v) is 4.57. The number of aliphatic hydroxyl groups is 1. The zero-order valence-corrected chi connectivity index (χ0v) is 15.8. The van der Waals surface area contributed by atoms with Crippen LogP contribution in [0.25, 0.3) is 0 Å². The Morgan fingerprint density at radius 2 is 2.20 bits per heavy atom. The molecule has 0 unspecified atom stereocenters. The van der Waals surface area contributed by atoms with E-state index in [0.717, 1.165) is 18.7 Å². The van der Waals surface area contributed by atoms with Gasteiger partial charge >= 0.3 is 0 Å². The second kappa shape index (κ2) is 7.16. The summed E-state index contributed by atoms with van der Waals surface area (Å²) in [5.74, 6) is 2.04. The molecule has 2 N–H and O–H groups in total. The number of aliphatic hydroxyl groups excluding tert-OH is 1. The van der Waals surface area contributed by atoms with Crippen LogP contribution in [0.2, 0.25) is 5.02 Å². The van der Waals surface area contributed by atoms with Crippen LogP contribution in [-0.4, -0.2) is 56.0 Å². The van der Waals surface area contributed by atoms with E-state index in [1.165, 1.54) is 0 Å². The van der Waals surface area contributed by atoms with Gasteiger partial charge in [0.1, 0.15) is 6.61 Å². The lowest BCUT2D eigenvalue weighted by atomic mass is 9.81. The number of hydrogen-bond donors (Lipinski definition) is 2. The highest BCUT2D eigenvalue weighted by Gasteiger charge is 2.54. The second-order valence-corrected chi connectivity index (χ2v) is 7.72. The average molecular weight is 367 g/mol. The van der Waals surface area contributed by atoms with Crippen LogP contribution in [0.5, 0.6) is 11.5 Å². The van der Waals surface area contributed by atoms with Crippen LogP contribution < -0.4 is 14.8 Å². The molecule has 138 valence electrons. The molecule has 5 nitrogen and oxygen atoms in total. The highest BCUT2D eigenvalue weighted by Crippen LogP contribution is 2.49. The number of ether oxygens (including phenoxy) is 2. The molecule has 1 aromatic rings. The van der Waals surface area contributed by atoms with E-state index in [9.17, 15) is 5.11 Å². The number of hydrogen-bond acceptors (Lipinski definition) is 5. The van der Waals surface area contributed by atoms with E-state index in [4.69, 9.17) is 21.1 Å². The zero-order chi connectivity index (χ0) is 18.2. The predicted molar refractivity (Wildman–Crippen MR) is 99.5 cm³/mol. The van der Waals surface area contributed by atoms with Gasteiger partial charge in [0, 0.05) is 35.8 Å². The molecule has 0 radical (unpaired) electrons. The molecule has 0 spiro atoms. The van der Waals surface area contributed by atoms with Crippen molar-refractivity contribution in [3.05, 3.63) is 35.4 Å². The van der Waals surface area contributed by atoms with Crippen LogP contribution in [-0.2, 0) is 0 Å². The van der Waals surface area contributed by atoms with Gasteiger partial charge in [-0.15, -0.1) is 0 Å². The molecule has 0 amide bonds. The van der Waals surface area contributed by atoms with E-state index in [1.807, 2.05) is 12.1 Å². The molecule has 0 aliphatic carbocycles. The molecular weight excluding hydrogens is 340 g/mol. The van der Waals surface area contributed by atoms with Crippen molar-refractivity contribution in [2.24, 2.45) is 11.8 Å². The Hall–Kier alpha value is -1.27. The molecule has 1 aromatic carbocycles. The monoisotopic (exact) mass is 366 g/mol. The Balaban J connectivity index is 1.97. The van der Waals surface area contributed by atoms with Crippen LogP contribution in [0, 0.1) is 11.8 Å². The summed E-state index contributed by atoms with van der Waals surface area (Å²) in [6.07, 6.45) is 1.69. The number of halogens is 1. The van der Waals surface area contributed by atoms with Gasteiger partial charge in [0.05, 0.1) is 13.7 Å². The van der Waals surface area contributed by atoms with Gasteiger partial charge in [0.2, 0.25) is 0 Å². The van der Waals surface area contributed by atoms with Gasteiger partial charge in [-0.2, -0.15) is 0 Å². The summed E-state index contributed by atoms with van der Waals surface area (Å²) < 4.78 is 11.1. The summed E-state index contributed by atoms with van der Waals surface area (Å²) in [5.41, 5.74) is 0.682. The van der Waals surface area contributed by atoms with Crippen molar-refractivity contribution < 1.29 is 14.6 Å². The van der Waals surface area contributed by atoms with E-state index in [2.05, 4.69) is 30.8 Å². The Kier molecular flexibility index (Phi) is 5.30. The number of likely N-dealkylation sites (tertiary alicyclic amines) is 1. The molecule has 2 aliphatic rings. The number of fused-ring (bicyclic) bond motifs is 1. The summed E-state index contributed by atoms with van der Waals surface area (Å²) in [4.78, 5) is 2.32. The Morgan fingerprint density at radius 3 is 2.84 bits per heavy atom. The van der Waals surface area contributed by atoms with Gasteiger partial charge in [-0.05, 0) is 37.4 Å². The SMILES string of the molecule is C=CCOc1cc(Cl)c([C@@H]2N[C@](C)(CO)[C@@H]3CN(C)C[C@@H]32)cc1OC. The van der Waals surface area contributed by atoms with E-state index < -0.39 is 0 Å². The number of benzene rings is 1. The minimum Gasteiger partial charge on any atom is -0.493 e. The average Bonchev–Trinajstić information content (AvgIpc) is 3.11. The normalized spacial score (nSPS) is 31.8. The lowest BCUT2D eigenvalue weighted by molar-refractivity contribution is 0.145. The summed E-state index contributed by atoms with van der Waals surface area (Å²) in [6, 6.07) is 3.84. The topological polar surface area (TPSA) is 54.0 Å². The van der Waals surface area contributed by atoms with Crippen molar-refractivity contribution in [1.82, 2.24) is 10.2 Å². The van der Waals surface area contributed by atoms with Crippen molar-refractivity contribution in [1.29, 1.82) is 0 Å². The van der Waals surface area contributed by atoms with Gasteiger partial charge < -0.3 is 24.8 Å². The Bertz CT molecular complexity index is 654. The molecule has 4 atom stereocenters. The molecule has 0 aromatic heterocycles. The second-order valence-electron chi connectivity index (χ2n) is 7.31. The molecular formula is C19H27ClN2O3. The molecule has 6 heteroatoms. The van der Waals surface area contributed by atoms with E-state index in [0.29, 0.717) is 35.0 Å². The fraction of sp³-hybridized carbons (Fsp3) is 0.579. The maximum atomic E-state index is 9.97. The van der Waals surface area contributed by atoms with E-state index in [1.54, 1.807) is 13.2 Å². The van der Waals surface area contributed by atoms with Crippen molar-refractivity contribution in [2.75, 3.05) is 40.5 Å². The minimum absolute atomic E-state index is 0.0713. The zero-order valence-electron chi connectivity index (χ0n) is 15.1. The maximum absolute atomic E-state index is 9.97. The summed E-state index contributed by atoms with van der Waals surface area (Å²) in [6.45, 7) is 8.21. The predicted octanol–water partition coefficient (Wildman–Crippen LogP) is 2.49. The first kappa shape index (κ1) is 18.5. The van der Waals surface area contributed by atoms with E-state index >= 15 is 0 Å². The smallest absolute Gasteiger partial charge is 0.163 e. The van der Waals surface area contributed by atoms with Crippen molar-refractivity contribution in [3.63, 3.8) is 0 Å². The van der Waals surface area contributed by atoms with Crippen LogP contribution in [0.4, 0.5) is 0 Å². The molecule has 2 fully saturated rings. The third-order valence-electron chi connectivity index (χ3n) is 5.58. The van der Waals surface area contributed by atoms with Gasteiger partial charge in [0.15, 0.2) is 11.5 Å². The first-order valence-electron chi connectivity index (χ1n) is 8.61. The van der Waals surface area contributed by atoms with E-state index in [-0.39, 0.29) is 18.2 Å². The summed E-state index contributed by atoms with van der Waals surface area (Å²) >= 11 is 6.60. The first-order chi connectivity index (χ1) is 11.9. The molecule has 0 bridgehead atoms. The Morgan fingerprint density at radius 1 is 1.44 bits per heavy atom. The number of methoxy groups -OCH3 is 1. The minimum atomic E-state index is -0.311. The first-order valence-corrected chi connectivity index (χ1v) is 8.99. The number of nitrogens with zero attached hydrogens (tertiary/aromatic N) is 1. The van der Waals surface area contributed by atoms with Crippen molar-refractivity contribution >= 4 is 11.6 Å². The molecule has 25 heavy (non-hydrogen) atoms. The van der Waals surface area contributed by atoms with Crippen LogP contribution in [0.1, 0.15) is 18.5 Å². The van der Waals surface area contributed by atoms with Gasteiger partial charge in [0.25, 0.3) is 0 Å². The number of rotatable bonds is 6. The quantitative estimate of drug-likeness (QED) is 0.757. The largest absolute Gasteiger partial charge is 0.493 e. The number of nitrogens with one attached hydrogen (secondary N) is 1. The molecule has 2 aliphatic heterocycles. The lowest BCUT2D eigenvalue weighted by Gasteiger charge is -2.30. The summed E-state index contributed by atoms with van der Waals surface area (Å²) in [5, 5.41) is 14.2. The summed E-state index contributed by atoms with van der Waals surface area (Å²) in [7, 11) is 3.75. The lowest BCUT2D eigenvalue weighted by Crippen LogP contribution is -2.47. The van der Waals surface area contributed by atoms with Crippen molar-refractivity contribution in [2.45, 2.75) is 18.5 Å².